The van der Waals surface area contributed by atoms with Gasteiger partial charge in [0.05, 0.1) is 12.6 Å². The fourth-order valence-corrected chi connectivity index (χ4v) is 2.83. The molecule has 1 fully saturated rings. The number of rotatable bonds is 6. The number of ether oxygens (including phenoxy) is 1. The Morgan fingerprint density at radius 1 is 1.46 bits per heavy atom. The molecule has 1 aliphatic heterocycles. The van der Waals surface area contributed by atoms with Crippen LogP contribution in [-0.4, -0.2) is 57.4 Å². The molecule has 134 valence electrons. The topological polar surface area (TPSA) is 44.8 Å². The number of carbonyl (C=O) groups is 1. The van der Waals surface area contributed by atoms with Crippen molar-refractivity contribution in [3.63, 3.8) is 0 Å². The highest BCUT2D eigenvalue weighted by atomic mass is 19.2. The van der Waals surface area contributed by atoms with Crippen LogP contribution in [0.25, 0.3) is 0 Å². The van der Waals surface area contributed by atoms with Crippen LogP contribution < -0.4 is 10.2 Å². The maximum atomic E-state index is 13.3. The average molecular weight is 341 g/mol. The minimum atomic E-state index is -0.838. The average Bonchev–Trinajstić information content (AvgIpc) is 3.03. The van der Waals surface area contributed by atoms with E-state index in [4.69, 9.17) is 4.74 Å². The third-order valence-electron chi connectivity index (χ3n) is 4.49. The zero-order chi connectivity index (χ0) is 17.7. The number of nitrogens with zero attached hydrogens (tertiary/aromatic N) is 2. The zero-order valence-corrected chi connectivity index (χ0v) is 14.4. The second-order valence-corrected chi connectivity index (χ2v) is 6.30. The van der Waals surface area contributed by atoms with Gasteiger partial charge in [0, 0.05) is 45.5 Å². The van der Waals surface area contributed by atoms with Crippen LogP contribution in [0.2, 0.25) is 0 Å². The Kier molecular flexibility index (Phi) is 6.36. The van der Waals surface area contributed by atoms with Gasteiger partial charge in [0.15, 0.2) is 11.6 Å². The van der Waals surface area contributed by atoms with Gasteiger partial charge in [-0.3, -0.25) is 0 Å². The number of methoxy groups -OCH3 is 1. The number of amides is 2. The van der Waals surface area contributed by atoms with Crippen molar-refractivity contribution in [2.45, 2.75) is 19.4 Å². The van der Waals surface area contributed by atoms with Crippen LogP contribution in [-0.2, 0) is 4.74 Å². The lowest BCUT2D eigenvalue weighted by Crippen LogP contribution is -2.45. The number of urea groups is 1. The van der Waals surface area contributed by atoms with Gasteiger partial charge in [0.1, 0.15) is 0 Å². The lowest BCUT2D eigenvalue weighted by molar-refractivity contribution is 0.123. The van der Waals surface area contributed by atoms with Gasteiger partial charge in [-0.15, -0.1) is 0 Å². The van der Waals surface area contributed by atoms with Crippen molar-refractivity contribution < 1.29 is 18.3 Å². The molecule has 0 spiro atoms. The summed E-state index contributed by atoms with van der Waals surface area (Å²) >= 11 is 0. The molecule has 0 radical (unpaired) electrons. The van der Waals surface area contributed by atoms with Gasteiger partial charge in [-0.1, -0.05) is 0 Å². The van der Waals surface area contributed by atoms with Gasteiger partial charge < -0.3 is 19.9 Å². The van der Waals surface area contributed by atoms with Crippen molar-refractivity contribution in [1.82, 2.24) is 10.2 Å². The Balaban J connectivity index is 1.81. The summed E-state index contributed by atoms with van der Waals surface area (Å²) in [5.74, 6) is -1.39. The molecule has 0 aromatic heterocycles. The van der Waals surface area contributed by atoms with Gasteiger partial charge in [-0.25, -0.2) is 13.6 Å². The summed E-state index contributed by atoms with van der Waals surface area (Å²) in [7, 11) is 3.34. The molecule has 1 aromatic carbocycles. The number of hydrogen-bond acceptors (Lipinski definition) is 3. The number of benzene rings is 1. The third-order valence-corrected chi connectivity index (χ3v) is 4.49. The summed E-state index contributed by atoms with van der Waals surface area (Å²) in [6.45, 7) is 4.44. The number of halogens is 2. The second-order valence-electron chi connectivity index (χ2n) is 6.30. The molecular weight excluding hydrogens is 316 g/mol. The minimum absolute atomic E-state index is 0.00253. The molecule has 2 atom stereocenters. The molecule has 1 aromatic rings. The first-order valence-corrected chi connectivity index (χ1v) is 8.12. The molecule has 2 amide bonds. The standard InChI is InChI=1S/C17H25F2N3O2/c1-12(11-24-3)21(2)17(23)20-9-13-6-7-22(10-13)14-4-5-15(18)16(19)8-14/h4-5,8,12-13H,6-7,9-11H2,1-3H3,(H,20,23). The number of carbonyl (C=O) groups excluding carboxylic acids is 1. The summed E-state index contributed by atoms with van der Waals surface area (Å²) in [4.78, 5) is 15.7. The van der Waals surface area contributed by atoms with E-state index in [1.165, 1.54) is 6.07 Å². The normalized spacial score (nSPS) is 18.5. The second kappa shape index (κ2) is 8.28. The largest absolute Gasteiger partial charge is 0.383 e. The zero-order valence-electron chi connectivity index (χ0n) is 14.4. The number of nitrogens with one attached hydrogen (secondary N) is 1. The van der Waals surface area contributed by atoms with E-state index >= 15 is 0 Å². The summed E-state index contributed by atoms with van der Waals surface area (Å²) in [5, 5.41) is 2.93. The first-order chi connectivity index (χ1) is 11.4. The Morgan fingerprint density at radius 3 is 2.88 bits per heavy atom. The predicted molar refractivity (Wildman–Crippen MR) is 89.2 cm³/mol. The van der Waals surface area contributed by atoms with Crippen molar-refractivity contribution in [3.8, 4) is 0 Å². The van der Waals surface area contributed by atoms with Crippen molar-refractivity contribution in [3.05, 3.63) is 29.8 Å². The van der Waals surface area contributed by atoms with Gasteiger partial charge in [-0.2, -0.15) is 0 Å². The van der Waals surface area contributed by atoms with Gasteiger partial charge in [0.25, 0.3) is 0 Å². The monoisotopic (exact) mass is 341 g/mol. The summed E-state index contributed by atoms with van der Waals surface area (Å²) in [6, 6.07) is 3.81. The molecule has 24 heavy (non-hydrogen) atoms. The van der Waals surface area contributed by atoms with Crippen molar-refractivity contribution in [1.29, 1.82) is 0 Å². The number of hydrogen-bond donors (Lipinski definition) is 1. The van der Waals surface area contributed by atoms with Gasteiger partial charge in [0.2, 0.25) is 0 Å². The smallest absolute Gasteiger partial charge is 0.317 e. The molecule has 7 heteroatoms. The lowest BCUT2D eigenvalue weighted by atomic mass is 10.1. The molecule has 1 saturated heterocycles. The Labute approximate surface area is 141 Å². The van der Waals surface area contributed by atoms with E-state index in [2.05, 4.69) is 5.32 Å². The number of anilines is 1. The summed E-state index contributed by atoms with van der Waals surface area (Å²) < 4.78 is 31.4. The first-order valence-electron chi connectivity index (χ1n) is 8.12. The highest BCUT2D eigenvalue weighted by Gasteiger charge is 2.24. The van der Waals surface area contributed by atoms with Crippen molar-refractivity contribution in [2.24, 2.45) is 5.92 Å². The van der Waals surface area contributed by atoms with Crippen LogP contribution in [0.5, 0.6) is 0 Å². The Morgan fingerprint density at radius 2 is 2.21 bits per heavy atom. The molecule has 1 heterocycles. The van der Waals surface area contributed by atoms with E-state index in [0.717, 1.165) is 19.0 Å². The molecule has 0 saturated carbocycles. The van der Waals surface area contributed by atoms with Crippen molar-refractivity contribution in [2.75, 3.05) is 45.3 Å². The lowest BCUT2D eigenvalue weighted by Gasteiger charge is -2.25. The molecule has 2 unspecified atom stereocenters. The highest BCUT2D eigenvalue weighted by molar-refractivity contribution is 5.74. The minimum Gasteiger partial charge on any atom is -0.383 e. The van der Waals surface area contributed by atoms with E-state index in [1.807, 2.05) is 11.8 Å². The van der Waals surface area contributed by atoms with Crippen LogP contribution in [0.3, 0.4) is 0 Å². The van der Waals surface area contributed by atoms with E-state index in [-0.39, 0.29) is 18.0 Å². The van der Waals surface area contributed by atoms with E-state index in [9.17, 15) is 13.6 Å². The third kappa shape index (κ3) is 4.56. The van der Waals surface area contributed by atoms with Crippen molar-refractivity contribution >= 4 is 11.7 Å². The Bertz CT molecular complexity index is 571. The van der Waals surface area contributed by atoms with E-state index in [1.54, 1.807) is 25.1 Å². The highest BCUT2D eigenvalue weighted by Crippen LogP contribution is 2.25. The van der Waals surface area contributed by atoms with Crippen LogP contribution in [0.1, 0.15) is 13.3 Å². The molecule has 1 N–H and O–H groups in total. The molecule has 0 aliphatic carbocycles. The van der Waals surface area contributed by atoms with Crippen LogP contribution in [0.15, 0.2) is 18.2 Å². The molecule has 1 aliphatic rings. The molecule has 5 nitrogen and oxygen atoms in total. The molecular formula is C17H25F2N3O2. The van der Waals surface area contributed by atoms with E-state index in [0.29, 0.717) is 25.4 Å². The fourth-order valence-electron chi connectivity index (χ4n) is 2.83. The van der Waals surface area contributed by atoms with Gasteiger partial charge >= 0.3 is 6.03 Å². The predicted octanol–water partition coefficient (Wildman–Crippen LogP) is 2.47. The van der Waals surface area contributed by atoms with E-state index < -0.39 is 11.6 Å². The van der Waals surface area contributed by atoms with Crippen LogP contribution in [0, 0.1) is 17.6 Å². The summed E-state index contributed by atoms with van der Waals surface area (Å²) in [6.07, 6.45) is 0.899. The molecule has 0 bridgehead atoms. The molecule has 2 rings (SSSR count). The SMILES string of the molecule is COCC(C)N(C)C(=O)NCC1CCN(c2ccc(F)c(F)c2)C1. The number of likely N-dealkylation sites (N-methyl/N-ethyl adjacent to an activating group) is 1. The first kappa shape index (κ1) is 18.4. The van der Waals surface area contributed by atoms with Crippen LogP contribution >= 0.6 is 0 Å². The van der Waals surface area contributed by atoms with Gasteiger partial charge in [-0.05, 0) is 31.4 Å². The quantitative estimate of drug-likeness (QED) is 0.865. The Hall–Kier alpha value is -1.89. The van der Waals surface area contributed by atoms with Crippen LogP contribution in [0.4, 0.5) is 19.3 Å². The maximum absolute atomic E-state index is 13.3. The maximum Gasteiger partial charge on any atom is 0.317 e. The summed E-state index contributed by atoms with van der Waals surface area (Å²) in [5.41, 5.74) is 0.675. The fraction of sp³-hybridized carbons (Fsp3) is 0.588.